The topological polar surface area (TPSA) is 35.6 Å². The molecule has 0 atom stereocenters. The summed E-state index contributed by atoms with van der Waals surface area (Å²) in [4.78, 5) is 16.6. The molecule has 2 rings (SSSR count). The first kappa shape index (κ1) is 12.8. The normalized spacial score (nSPS) is 22.4. The van der Waals surface area contributed by atoms with Crippen LogP contribution in [-0.4, -0.2) is 61.0 Å². The molecule has 1 saturated carbocycles. The summed E-state index contributed by atoms with van der Waals surface area (Å²) in [5, 5.41) is 3.28. The summed E-state index contributed by atoms with van der Waals surface area (Å²) in [6, 6.07) is 0.659. The van der Waals surface area contributed by atoms with Gasteiger partial charge in [0.15, 0.2) is 0 Å². The lowest BCUT2D eigenvalue weighted by atomic mass is 10.2. The number of nitrogens with one attached hydrogen (secondary N) is 1. The molecule has 2 aliphatic rings. The van der Waals surface area contributed by atoms with E-state index in [0.29, 0.717) is 18.5 Å². The first-order valence-corrected chi connectivity index (χ1v) is 7.04. The fourth-order valence-electron chi connectivity index (χ4n) is 2.96. The molecule has 0 spiro atoms. The van der Waals surface area contributed by atoms with E-state index in [1.807, 2.05) is 4.90 Å². The maximum absolute atomic E-state index is 12.2. The zero-order valence-corrected chi connectivity index (χ0v) is 11.0. The minimum atomic E-state index is 0.320. The Balaban J connectivity index is 1.82. The van der Waals surface area contributed by atoms with Gasteiger partial charge in [-0.2, -0.15) is 0 Å². The van der Waals surface area contributed by atoms with Crippen LogP contribution in [0.5, 0.6) is 0 Å². The Hall–Kier alpha value is -0.610. The molecular formula is C13H25N3O. The number of nitrogens with zero attached hydrogens (tertiary/aromatic N) is 2. The van der Waals surface area contributed by atoms with Crippen LogP contribution in [0.2, 0.25) is 0 Å². The van der Waals surface area contributed by atoms with Crippen LogP contribution >= 0.6 is 0 Å². The van der Waals surface area contributed by atoms with Crippen LogP contribution in [0.25, 0.3) is 0 Å². The number of amides is 1. The van der Waals surface area contributed by atoms with E-state index in [-0.39, 0.29) is 0 Å². The van der Waals surface area contributed by atoms with Crippen molar-refractivity contribution in [1.82, 2.24) is 15.1 Å². The maximum atomic E-state index is 12.2. The average Bonchev–Trinajstić information content (AvgIpc) is 2.90. The molecule has 0 aromatic heterocycles. The van der Waals surface area contributed by atoms with Gasteiger partial charge >= 0.3 is 0 Å². The van der Waals surface area contributed by atoms with Crippen LogP contribution in [-0.2, 0) is 4.79 Å². The number of hydrogen-bond donors (Lipinski definition) is 1. The van der Waals surface area contributed by atoms with Crippen LogP contribution in [0.4, 0.5) is 0 Å². The molecule has 0 radical (unpaired) electrons. The predicted octanol–water partition coefficient (Wildman–Crippen LogP) is 0.683. The number of piperazine rings is 1. The van der Waals surface area contributed by atoms with E-state index in [1.165, 1.54) is 25.7 Å². The van der Waals surface area contributed by atoms with Crippen LogP contribution in [0.1, 0.15) is 32.6 Å². The summed E-state index contributed by atoms with van der Waals surface area (Å²) < 4.78 is 0. The third-order valence-corrected chi connectivity index (χ3v) is 4.06. The average molecular weight is 239 g/mol. The van der Waals surface area contributed by atoms with E-state index in [2.05, 4.69) is 17.1 Å². The summed E-state index contributed by atoms with van der Waals surface area (Å²) in [5.41, 5.74) is 0. The van der Waals surface area contributed by atoms with Gasteiger partial charge in [0.25, 0.3) is 0 Å². The number of carbonyl (C=O) groups is 1. The Kier molecular flexibility index (Phi) is 4.80. The standard InChI is InChI=1S/C13H25N3O/c1-2-15(12-5-3-4-6-12)11-13(17)16-9-7-14-8-10-16/h12,14H,2-11H2,1H3. The smallest absolute Gasteiger partial charge is 0.236 e. The minimum absolute atomic E-state index is 0.320. The van der Waals surface area contributed by atoms with Crippen LogP contribution in [0.3, 0.4) is 0 Å². The number of rotatable bonds is 4. The van der Waals surface area contributed by atoms with E-state index in [0.717, 1.165) is 32.7 Å². The van der Waals surface area contributed by atoms with E-state index >= 15 is 0 Å². The Labute approximate surface area is 104 Å². The largest absolute Gasteiger partial charge is 0.339 e. The summed E-state index contributed by atoms with van der Waals surface area (Å²) in [6.07, 6.45) is 5.23. The molecule has 17 heavy (non-hydrogen) atoms. The van der Waals surface area contributed by atoms with Crippen molar-refractivity contribution in [3.8, 4) is 0 Å². The second-order valence-corrected chi connectivity index (χ2v) is 5.13. The highest BCUT2D eigenvalue weighted by molar-refractivity contribution is 5.78. The zero-order chi connectivity index (χ0) is 12.1. The monoisotopic (exact) mass is 239 g/mol. The molecule has 0 unspecified atom stereocenters. The van der Waals surface area contributed by atoms with E-state index in [4.69, 9.17) is 0 Å². The molecule has 4 heteroatoms. The molecular weight excluding hydrogens is 214 g/mol. The molecule has 0 aromatic rings. The van der Waals surface area contributed by atoms with Gasteiger partial charge < -0.3 is 10.2 Å². The summed E-state index contributed by atoms with van der Waals surface area (Å²) in [6.45, 7) is 7.44. The van der Waals surface area contributed by atoms with Gasteiger partial charge in [0.1, 0.15) is 0 Å². The van der Waals surface area contributed by atoms with Gasteiger partial charge in [0, 0.05) is 32.2 Å². The van der Waals surface area contributed by atoms with Gasteiger partial charge in [-0.1, -0.05) is 19.8 Å². The lowest BCUT2D eigenvalue weighted by Gasteiger charge is -2.32. The van der Waals surface area contributed by atoms with Gasteiger partial charge in [-0.3, -0.25) is 9.69 Å². The second kappa shape index (κ2) is 6.36. The second-order valence-electron chi connectivity index (χ2n) is 5.13. The van der Waals surface area contributed by atoms with Crippen molar-refractivity contribution in [1.29, 1.82) is 0 Å². The SMILES string of the molecule is CCN(CC(=O)N1CCNCC1)C1CCCC1. The third kappa shape index (κ3) is 3.42. The Bertz CT molecular complexity index is 245. The number of likely N-dealkylation sites (N-methyl/N-ethyl adjacent to an activating group) is 1. The van der Waals surface area contributed by atoms with Gasteiger partial charge in [-0.25, -0.2) is 0 Å². The lowest BCUT2D eigenvalue weighted by molar-refractivity contribution is -0.133. The van der Waals surface area contributed by atoms with Crippen molar-refractivity contribution in [2.24, 2.45) is 0 Å². The van der Waals surface area contributed by atoms with Crippen molar-refractivity contribution < 1.29 is 4.79 Å². The lowest BCUT2D eigenvalue weighted by Crippen LogP contribution is -2.50. The third-order valence-electron chi connectivity index (χ3n) is 4.06. The van der Waals surface area contributed by atoms with E-state index < -0.39 is 0 Å². The minimum Gasteiger partial charge on any atom is -0.339 e. The fraction of sp³-hybridized carbons (Fsp3) is 0.923. The molecule has 1 amide bonds. The van der Waals surface area contributed by atoms with Crippen molar-refractivity contribution in [2.75, 3.05) is 39.3 Å². The summed E-state index contributed by atoms with van der Waals surface area (Å²) in [5.74, 6) is 0.320. The first-order chi connectivity index (χ1) is 8.31. The molecule has 0 bridgehead atoms. The Morgan fingerprint density at radius 3 is 2.53 bits per heavy atom. The molecule has 98 valence electrons. The molecule has 4 nitrogen and oxygen atoms in total. The molecule has 1 saturated heterocycles. The highest BCUT2D eigenvalue weighted by atomic mass is 16.2. The maximum Gasteiger partial charge on any atom is 0.236 e. The first-order valence-electron chi connectivity index (χ1n) is 7.04. The highest BCUT2D eigenvalue weighted by Gasteiger charge is 2.25. The number of carbonyl (C=O) groups excluding carboxylic acids is 1. The zero-order valence-electron chi connectivity index (χ0n) is 11.0. The van der Waals surface area contributed by atoms with Crippen LogP contribution in [0, 0.1) is 0 Å². The van der Waals surface area contributed by atoms with Gasteiger partial charge in [0.2, 0.25) is 5.91 Å². The predicted molar refractivity (Wildman–Crippen MR) is 69.0 cm³/mol. The molecule has 0 aromatic carbocycles. The van der Waals surface area contributed by atoms with Crippen LogP contribution in [0.15, 0.2) is 0 Å². The summed E-state index contributed by atoms with van der Waals surface area (Å²) in [7, 11) is 0. The van der Waals surface area contributed by atoms with Gasteiger partial charge in [-0.15, -0.1) is 0 Å². The quantitative estimate of drug-likeness (QED) is 0.784. The molecule has 1 aliphatic carbocycles. The van der Waals surface area contributed by atoms with Crippen molar-refractivity contribution in [3.05, 3.63) is 0 Å². The van der Waals surface area contributed by atoms with Gasteiger partial charge in [-0.05, 0) is 19.4 Å². The Morgan fingerprint density at radius 1 is 1.29 bits per heavy atom. The van der Waals surface area contributed by atoms with Crippen molar-refractivity contribution >= 4 is 5.91 Å². The fourth-order valence-corrected chi connectivity index (χ4v) is 2.96. The van der Waals surface area contributed by atoms with Gasteiger partial charge in [0.05, 0.1) is 6.54 Å². The Morgan fingerprint density at radius 2 is 1.94 bits per heavy atom. The van der Waals surface area contributed by atoms with E-state index in [1.54, 1.807) is 0 Å². The van der Waals surface area contributed by atoms with Crippen LogP contribution < -0.4 is 5.32 Å². The molecule has 1 heterocycles. The molecule has 1 aliphatic heterocycles. The van der Waals surface area contributed by atoms with Crippen molar-refractivity contribution in [3.63, 3.8) is 0 Å². The van der Waals surface area contributed by atoms with Crippen molar-refractivity contribution in [2.45, 2.75) is 38.6 Å². The van der Waals surface area contributed by atoms with E-state index in [9.17, 15) is 4.79 Å². The molecule has 1 N–H and O–H groups in total. The number of hydrogen-bond acceptors (Lipinski definition) is 3. The summed E-state index contributed by atoms with van der Waals surface area (Å²) >= 11 is 0. The molecule has 2 fully saturated rings. The highest BCUT2D eigenvalue weighted by Crippen LogP contribution is 2.23.